The molecule has 1 saturated heterocycles. The van der Waals surface area contributed by atoms with Crippen LogP contribution in [0, 0.1) is 30.1 Å². The van der Waals surface area contributed by atoms with Crippen molar-refractivity contribution in [1.82, 2.24) is 29.5 Å². The molecule has 1 aliphatic heterocycles. The SMILES string of the molecule is Cc1c(S(=O)(=O)NC2CN(c3ncnc4sc(CC(F)(F)F)cc34)CC2C2CCCCC2)ccc2c1cc(C#N)n2Cc1cn[nH]c1. The fourth-order valence-corrected chi connectivity index (χ4v) is 9.97. The molecule has 1 aromatic carbocycles. The number of hydrogen-bond acceptors (Lipinski definition) is 8. The van der Waals surface area contributed by atoms with Gasteiger partial charge in [-0.05, 0) is 48.6 Å². The molecule has 0 amide bonds. The first-order valence-electron chi connectivity index (χ1n) is 15.6. The normalized spacial score (nSPS) is 19.6. The van der Waals surface area contributed by atoms with Crippen LogP contribution in [0.2, 0.25) is 0 Å². The van der Waals surface area contributed by atoms with Crippen LogP contribution in [0.1, 0.15) is 53.8 Å². The molecule has 0 bridgehead atoms. The maximum atomic E-state index is 14.1. The van der Waals surface area contributed by atoms with Crippen molar-refractivity contribution in [3.8, 4) is 6.07 Å². The van der Waals surface area contributed by atoms with Crippen LogP contribution in [0.3, 0.4) is 0 Å². The number of sulfonamides is 1. The first-order valence-corrected chi connectivity index (χ1v) is 17.9. The van der Waals surface area contributed by atoms with Gasteiger partial charge in [-0.25, -0.2) is 23.1 Å². The van der Waals surface area contributed by atoms with Crippen LogP contribution in [0.15, 0.2) is 47.9 Å². The van der Waals surface area contributed by atoms with Gasteiger partial charge in [-0.15, -0.1) is 11.3 Å². The zero-order valence-electron chi connectivity index (χ0n) is 25.6. The summed E-state index contributed by atoms with van der Waals surface area (Å²) in [5.74, 6) is 0.831. The highest BCUT2D eigenvalue weighted by Gasteiger charge is 2.42. The molecule has 0 radical (unpaired) electrons. The van der Waals surface area contributed by atoms with Gasteiger partial charge in [0.25, 0.3) is 0 Å². The fourth-order valence-electron chi connectivity index (χ4n) is 7.42. The van der Waals surface area contributed by atoms with E-state index in [-0.39, 0.29) is 15.7 Å². The average Bonchev–Trinajstić information content (AvgIpc) is 3.83. The molecule has 10 nitrogen and oxygen atoms in total. The lowest BCUT2D eigenvalue weighted by Gasteiger charge is -2.31. The van der Waals surface area contributed by atoms with Crippen molar-refractivity contribution in [1.29, 1.82) is 5.26 Å². The van der Waals surface area contributed by atoms with Crippen molar-refractivity contribution >= 4 is 48.3 Å². The number of H-pyrrole nitrogens is 1. The Balaban J connectivity index is 1.21. The molecule has 1 aliphatic carbocycles. The van der Waals surface area contributed by atoms with E-state index in [1.165, 1.54) is 12.4 Å². The number of aromatic nitrogens is 5. The fraction of sp³-hybridized carbons (Fsp3) is 0.438. The quantitative estimate of drug-likeness (QED) is 0.203. The summed E-state index contributed by atoms with van der Waals surface area (Å²) in [6, 6.07) is 8.37. The number of rotatable bonds is 8. The van der Waals surface area contributed by atoms with Gasteiger partial charge < -0.3 is 9.47 Å². The van der Waals surface area contributed by atoms with Gasteiger partial charge in [0.05, 0.1) is 29.4 Å². The Labute approximate surface area is 273 Å². The predicted molar refractivity (Wildman–Crippen MR) is 173 cm³/mol. The third-order valence-corrected chi connectivity index (χ3v) is 12.2. The Kier molecular flexibility index (Phi) is 8.22. The van der Waals surface area contributed by atoms with Gasteiger partial charge in [0.1, 0.15) is 28.7 Å². The van der Waals surface area contributed by atoms with Crippen LogP contribution in [0.4, 0.5) is 19.0 Å². The standard InChI is InChI=1S/C32H33F3N8O2S2/c1-19-24-9-22(12-36)43(15-20-13-39-40-14-20)28(24)7-8-29(19)47(44,45)41-27-17-42(16-26(27)21-5-3-2-4-6-21)30-25-10-23(11-32(33,34)35)46-31(25)38-18-37-30/h7-10,13-14,18,21,26-27,41H,2-6,11,15-17H2,1H3,(H,39,40). The van der Waals surface area contributed by atoms with Gasteiger partial charge in [0.2, 0.25) is 10.0 Å². The van der Waals surface area contributed by atoms with E-state index in [1.54, 1.807) is 37.5 Å². The second-order valence-electron chi connectivity index (χ2n) is 12.6. The lowest BCUT2D eigenvalue weighted by atomic mass is 9.78. The molecule has 2 unspecified atom stereocenters. The topological polar surface area (TPSA) is 133 Å². The molecule has 5 heterocycles. The van der Waals surface area contributed by atoms with E-state index in [9.17, 15) is 26.9 Å². The summed E-state index contributed by atoms with van der Waals surface area (Å²) in [6.07, 6.45) is 4.73. The zero-order chi connectivity index (χ0) is 32.9. The summed E-state index contributed by atoms with van der Waals surface area (Å²) < 4.78 is 72.7. The molecule has 2 fully saturated rings. The monoisotopic (exact) mass is 682 g/mol. The molecule has 2 N–H and O–H groups in total. The minimum atomic E-state index is -4.34. The van der Waals surface area contributed by atoms with Crippen LogP contribution in [0.5, 0.6) is 0 Å². The number of hydrogen-bond donors (Lipinski definition) is 2. The lowest BCUT2D eigenvalue weighted by Crippen LogP contribution is -2.43. The molecule has 7 rings (SSSR count). The number of nitriles is 1. The highest BCUT2D eigenvalue weighted by molar-refractivity contribution is 7.89. The lowest BCUT2D eigenvalue weighted by molar-refractivity contribution is -0.126. The summed E-state index contributed by atoms with van der Waals surface area (Å²) in [4.78, 5) is 11.5. The molecule has 1 saturated carbocycles. The summed E-state index contributed by atoms with van der Waals surface area (Å²) in [6.45, 7) is 3.03. The van der Waals surface area contributed by atoms with Crippen LogP contribution in [-0.2, 0) is 23.0 Å². The number of fused-ring (bicyclic) bond motifs is 2. The van der Waals surface area contributed by atoms with Crippen LogP contribution in [-0.4, -0.2) is 58.5 Å². The van der Waals surface area contributed by atoms with Crippen molar-refractivity contribution in [2.24, 2.45) is 11.8 Å². The van der Waals surface area contributed by atoms with E-state index in [4.69, 9.17) is 0 Å². The Morgan fingerprint density at radius 2 is 1.94 bits per heavy atom. The number of alkyl halides is 3. The Morgan fingerprint density at radius 1 is 1.13 bits per heavy atom. The third kappa shape index (κ3) is 6.21. The number of aryl methyl sites for hydroxylation is 1. The second-order valence-corrected chi connectivity index (χ2v) is 15.4. The van der Waals surface area contributed by atoms with Crippen LogP contribution < -0.4 is 9.62 Å². The molecular formula is C32H33F3N8O2S2. The number of halogens is 3. The van der Waals surface area contributed by atoms with Crippen LogP contribution in [0.25, 0.3) is 21.1 Å². The van der Waals surface area contributed by atoms with E-state index in [0.717, 1.165) is 54.5 Å². The molecule has 0 spiro atoms. The first kappa shape index (κ1) is 31.6. The van der Waals surface area contributed by atoms with Crippen molar-refractivity contribution in [2.45, 2.75) is 69.1 Å². The number of nitrogens with zero attached hydrogens (tertiary/aromatic N) is 6. The largest absolute Gasteiger partial charge is 0.393 e. The molecule has 246 valence electrons. The number of aromatic amines is 1. The maximum Gasteiger partial charge on any atom is 0.393 e. The summed E-state index contributed by atoms with van der Waals surface area (Å²) in [5.41, 5.74) is 2.60. The van der Waals surface area contributed by atoms with Crippen molar-refractivity contribution in [2.75, 3.05) is 18.0 Å². The van der Waals surface area contributed by atoms with Gasteiger partial charge >= 0.3 is 6.18 Å². The van der Waals surface area contributed by atoms with Gasteiger partial charge in [-0.2, -0.15) is 23.5 Å². The zero-order valence-corrected chi connectivity index (χ0v) is 27.2. The molecule has 15 heteroatoms. The molecule has 47 heavy (non-hydrogen) atoms. The highest BCUT2D eigenvalue weighted by atomic mass is 32.2. The van der Waals surface area contributed by atoms with Gasteiger partial charge in [0.15, 0.2) is 0 Å². The van der Waals surface area contributed by atoms with Crippen molar-refractivity contribution in [3.05, 3.63) is 64.7 Å². The molecule has 4 aromatic heterocycles. The smallest absolute Gasteiger partial charge is 0.354 e. The molecule has 5 aromatic rings. The molecule has 2 atom stereocenters. The average molecular weight is 683 g/mol. The summed E-state index contributed by atoms with van der Waals surface area (Å²) >= 11 is 1.01. The second kappa shape index (κ2) is 12.2. The maximum absolute atomic E-state index is 14.1. The third-order valence-electron chi connectivity index (χ3n) is 9.56. The van der Waals surface area contributed by atoms with Gasteiger partial charge in [0, 0.05) is 46.7 Å². The summed E-state index contributed by atoms with van der Waals surface area (Å²) in [7, 11) is -4.00. The minimum Gasteiger partial charge on any atom is -0.354 e. The summed E-state index contributed by atoms with van der Waals surface area (Å²) in [5, 5.41) is 17.9. The Bertz CT molecular complexity index is 2080. The number of thiophene rings is 1. The number of benzene rings is 1. The number of anilines is 1. The predicted octanol–water partition coefficient (Wildman–Crippen LogP) is 6.07. The Hall–Kier alpha value is -4.00. The van der Waals surface area contributed by atoms with Crippen molar-refractivity contribution < 1.29 is 21.6 Å². The van der Waals surface area contributed by atoms with Crippen molar-refractivity contribution in [3.63, 3.8) is 0 Å². The number of nitrogens with one attached hydrogen (secondary N) is 2. The van der Waals surface area contributed by atoms with Gasteiger partial charge in [-0.3, -0.25) is 5.10 Å². The minimum absolute atomic E-state index is 0.00589. The molecule has 2 aliphatic rings. The van der Waals surface area contributed by atoms with E-state index < -0.39 is 28.7 Å². The first-order chi connectivity index (χ1) is 22.5. The molecular weight excluding hydrogens is 650 g/mol. The highest BCUT2D eigenvalue weighted by Crippen LogP contribution is 2.40. The van der Waals surface area contributed by atoms with E-state index in [1.807, 2.05) is 9.47 Å². The van der Waals surface area contributed by atoms with Gasteiger partial charge in [-0.1, -0.05) is 32.1 Å². The van der Waals surface area contributed by atoms with E-state index in [2.05, 4.69) is 31.0 Å². The van der Waals surface area contributed by atoms with E-state index >= 15 is 0 Å². The van der Waals surface area contributed by atoms with Crippen LogP contribution >= 0.6 is 11.3 Å². The Morgan fingerprint density at radius 3 is 2.66 bits per heavy atom. The van der Waals surface area contributed by atoms with E-state index in [0.29, 0.717) is 58.2 Å².